The molecule has 94 valence electrons. The van der Waals surface area contributed by atoms with Crippen molar-refractivity contribution in [3.05, 3.63) is 23.9 Å². The fourth-order valence-electron chi connectivity index (χ4n) is 2.33. The summed E-state index contributed by atoms with van der Waals surface area (Å²) in [5.41, 5.74) is 6.93. The Morgan fingerprint density at radius 2 is 2.12 bits per heavy atom. The van der Waals surface area contributed by atoms with Crippen LogP contribution in [-0.2, 0) is 6.42 Å². The molecule has 2 rings (SSSR count). The van der Waals surface area contributed by atoms with Gasteiger partial charge in [0.1, 0.15) is 6.10 Å². The standard InChI is InChI=1S/C14H22N2O/c1-11(15)9-12-7-8-14(16-10-12)17-13-5-3-2-4-6-13/h7-8,10-11,13H,2-6,9,15H2,1H3. The Balaban J connectivity index is 1.88. The van der Waals surface area contributed by atoms with Crippen LogP contribution in [-0.4, -0.2) is 17.1 Å². The van der Waals surface area contributed by atoms with Crippen LogP contribution in [0.4, 0.5) is 0 Å². The lowest BCUT2D eigenvalue weighted by Crippen LogP contribution is -2.20. The normalized spacial score (nSPS) is 18.9. The van der Waals surface area contributed by atoms with Gasteiger partial charge in [0, 0.05) is 18.3 Å². The summed E-state index contributed by atoms with van der Waals surface area (Å²) in [6.45, 7) is 2.01. The molecule has 1 aromatic rings. The molecule has 0 bridgehead atoms. The van der Waals surface area contributed by atoms with Gasteiger partial charge in [-0.15, -0.1) is 0 Å². The summed E-state index contributed by atoms with van der Waals surface area (Å²) in [5, 5.41) is 0. The van der Waals surface area contributed by atoms with Gasteiger partial charge in [0.2, 0.25) is 5.88 Å². The van der Waals surface area contributed by atoms with Crippen molar-refractivity contribution >= 4 is 0 Å². The topological polar surface area (TPSA) is 48.1 Å². The average Bonchev–Trinajstić information content (AvgIpc) is 2.32. The van der Waals surface area contributed by atoms with Gasteiger partial charge in [0.25, 0.3) is 0 Å². The zero-order valence-electron chi connectivity index (χ0n) is 10.6. The lowest BCUT2D eigenvalue weighted by atomic mass is 9.98. The van der Waals surface area contributed by atoms with Gasteiger partial charge in [-0.1, -0.05) is 12.5 Å². The first-order chi connectivity index (χ1) is 8.24. The Hall–Kier alpha value is -1.09. The molecule has 1 aliphatic rings. The second-order valence-corrected chi connectivity index (χ2v) is 5.06. The van der Waals surface area contributed by atoms with Gasteiger partial charge in [0.15, 0.2) is 0 Å². The van der Waals surface area contributed by atoms with E-state index in [0.29, 0.717) is 6.10 Å². The number of pyridine rings is 1. The van der Waals surface area contributed by atoms with Crippen molar-refractivity contribution in [2.24, 2.45) is 5.73 Å². The average molecular weight is 234 g/mol. The molecule has 1 aliphatic carbocycles. The third kappa shape index (κ3) is 4.00. The molecule has 1 unspecified atom stereocenters. The summed E-state index contributed by atoms with van der Waals surface area (Å²) >= 11 is 0. The first-order valence-corrected chi connectivity index (χ1v) is 6.61. The first-order valence-electron chi connectivity index (χ1n) is 6.61. The van der Waals surface area contributed by atoms with Crippen molar-refractivity contribution in [1.82, 2.24) is 4.98 Å². The van der Waals surface area contributed by atoms with Crippen LogP contribution in [0, 0.1) is 0 Å². The van der Waals surface area contributed by atoms with Crippen LogP contribution in [0.5, 0.6) is 5.88 Å². The second-order valence-electron chi connectivity index (χ2n) is 5.06. The van der Waals surface area contributed by atoms with Crippen molar-refractivity contribution in [2.75, 3.05) is 0 Å². The van der Waals surface area contributed by atoms with Crippen LogP contribution >= 0.6 is 0 Å². The van der Waals surface area contributed by atoms with E-state index < -0.39 is 0 Å². The van der Waals surface area contributed by atoms with E-state index in [9.17, 15) is 0 Å². The number of nitrogens with zero attached hydrogens (tertiary/aromatic N) is 1. The Morgan fingerprint density at radius 3 is 2.71 bits per heavy atom. The summed E-state index contributed by atoms with van der Waals surface area (Å²) in [4.78, 5) is 4.35. The SMILES string of the molecule is CC(N)Cc1ccc(OC2CCCCC2)nc1. The molecule has 1 atom stereocenters. The van der Waals surface area contributed by atoms with E-state index in [1.54, 1.807) is 0 Å². The lowest BCUT2D eigenvalue weighted by Gasteiger charge is -2.22. The predicted octanol–water partition coefficient (Wildman–Crippen LogP) is 2.68. The molecular formula is C14H22N2O. The molecule has 1 saturated carbocycles. The Kier molecular flexibility index (Phi) is 4.37. The summed E-state index contributed by atoms with van der Waals surface area (Å²) in [5.74, 6) is 0.755. The highest BCUT2D eigenvalue weighted by molar-refractivity contribution is 5.18. The molecule has 3 nitrogen and oxygen atoms in total. The van der Waals surface area contributed by atoms with Gasteiger partial charge >= 0.3 is 0 Å². The maximum absolute atomic E-state index is 5.87. The van der Waals surface area contributed by atoms with Crippen molar-refractivity contribution in [2.45, 2.75) is 57.6 Å². The lowest BCUT2D eigenvalue weighted by molar-refractivity contribution is 0.148. The second kappa shape index (κ2) is 6.01. The predicted molar refractivity (Wildman–Crippen MR) is 69.1 cm³/mol. The van der Waals surface area contributed by atoms with Crippen LogP contribution in [0.2, 0.25) is 0 Å². The maximum atomic E-state index is 5.87. The summed E-state index contributed by atoms with van der Waals surface area (Å²) in [6.07, 6.45) is 9.38. The molecular weight excluding hydrogens is 212 g/mol. The van der Waals surface area contributed by atoms with Crippen molar-refractivity contribution < 1.29 is 4.74 Å². The van der Waals surface area contributed by atoms with Crippen LogP contribution in [0.25, 0.3) is 0 Å². The van der Waals surface area contributed by atoms with E-state index in [1.807, 2.05) is 19.2 Å². The van der Waals surface area contributed by atoms with Crippen LogP contribution in [0.15, 0.2) is 18.3 Å². The first kappa shape index (κ1) is 12.4. The molecule has 0 aliphatic heterocycles. The quantitative estimate of drug-likeness (QED) is 0.871. The fourth-order valence-corrected chi connectivity index (χ4v) is 2.33. The fraction of sp³-hybridized carbons (Fsp3) is 0.643. The summed E-state index contributed by atoms with van der Waals surface area (Å²) in [6, 6.07) is 4.21. The zero-order valence-corrected chi connectivity index (χ0v) is 10.6. The Morgan fingerprint density at radius 1 is 1.35 bits per heavy atom. The third-order valence-electron chi connectivity index (χ3n) is 3.19. The Bertz CT molecular complexity index is 329. The number of nitrogens with two attached hydrogens (primary N) is 1. The molecule has 17 heavy (non-hydrogen) atoms. The van der Waals surface area contributed by atoms with Crippen molar-refractivity contribution in [3.63, 3.8) is 0 Å². The molecule has 0 aromatic carbocycles. The van der Waals surface area contributed by atoms with E-state index in [-0.39, 0.29) is 6.04 Å². The van der Waals surface area contributed by atoms with Gasteiger partial charge in [-0.25, -0.2) is 4.98 Å². The zero-order chi connectivity index (χ0) is 12.1. The highest BCUT2D eigenvalue weighted by atomic mass is 16.5. The molecule has 1 aromatic heterocycles. The van der Waals surface area contributed by atoms with E-state index in [1.165, 1.54) is 37.7 Å². The minimum atomic E-state index is 0.182. The van der Waals surface area contributed by atoms with E-state index in [4.69, 9.17) is 10.5 Å². The van der Waals surface area contributed by atoms with Crippen LogP contribution in [0.3, 0.4) is 0 Å². The minimum absolute atomic E-state index is 0.182. The monoisotopic (exact) mass is 234 g/mol. The molecule has 2 N–H and O–H groups in total. The van der Waals surface area contributed by atoms with Gasteiger partial charge in [0.05, 0.1) is 0 Å². The summed E-state index contributed by atoms with van der Waals surface area (Å²) < 4.78 is 5.87. The number of hydrogen-bond acceptors (Lipinski definition) is 3. The number of ether oxygens (including phenoxy) is 1. The molecule has 0 radical (unpaired) electrons. The Labute approximate surface area is 103 Å². The molecule has 1 heterocycles. The molecule has 0 saturated heterocycles. The maximum Gasteiger partial charge on any atom is 0.213 e. The molecule has 1 fully saturated rings. The molecule has 0 amide bonds. The van der Waals surface area contributed by atoms with Crippen molar-refractivity contribution in [3.8, 4) is 5.88 Å². The van der Waals surface area contributed by atoms with Gasteiger partial charge < -0.3 is 10.5 Å². The number of aromatic nitrogens is 1. The van der Waals surface area contributed by atoms with E-state index >= 15 is 0 Å². The third-order valence-corrected chi connectivity index (χ3v) is 3.19. The van der Waals surface area contributed by atoms with E-state index in [0.717, 1.165) is 12.3 Å². The van der Waals surface area contributed by atoms with Gasteiger partial charge in [-0.3, -0.25) is 0 Å². The summed E-state index contributed by atoms with van der Waals surface area (Å²) in [7, 11) is 0. The number of hydrogen-bond donors (Lipinski definition) is 1. The van der Waals surface area contributed by atoms with Crippen LogP contribution < -0.4 is 10.5 Å². The van der Waals surface area contributed by atoms with Crippen LogP contribution in [0.1, 0.15) is 44.6 Å². The highest BCUT2D eigenvalue weighted by Gasteiger charge is 2.15. The molecule has 3 heteroatoms. The van der Waals surface area contributed by atoms with E-state index in [2.05, 4.69) is 11.1 Å². The smallest absolute Gasteiger partial charge is 0.213 e. The highest BCUT2D eigenvalue weighted by Crippen LogP contribution is 2.22. The van der Waals surface area contributed by atoms with Gasteiger partial charge in [-0.2, -0.15) is 0 Å². The number of rotatable bonds is 4. The molecule has 0 spiro atoms. The largest absolute Gasteiger partial charge is 0.474 e. The minimum Gasteiger partial charge on any atom is -0.474 e. The van der Waals surface area contributed by atoms with Crippen molar-refractivity contribution in [1.29, 1.82) is 0 Å². The van der Waals surface area contributed by atoms with Gasteiger partial charge in [-0.05, 0) is 44.6 Å².